The summed E-state index contributed by atoms with van der Waals surface area (Å²) in [5.74, 6) is 2.24. The van der Waals surface area contributed by atoms with E-state index < -0.39 is 0 Å². The van der Waals surface area contributed by atoms with Crippen molar-refractivity contribution in [3.63, 3.8) is 0 Å². The largest absolute Gasteiger partial charge is 0.480 e. The van der Waals surface area contributed by atoms with Gasteiger partial charge >= 0.3 is 0 Å². The molecule has 0 fully saturated rings. The summed E-state index contributed by atoms with van der Waals surface area (Å²) in [5, 5.41) is 13.2. The van der Waals surface area contributed by atoms with Gasteiger partial charge in [-0.15, -0.1) is 0 Å². The first-order valence-corrected chi connectivity index (χ1v) is 10.8. The summed E-state index contributed by atoms with van der Waals surface area (Å²) < 4.78 is 13.3. The molecule has 10 heteroatoms. The van der Waals surface area contributed by atoms with Crippen molar-refractivity contribution >= 4 is 5.95 Å². The van der Waals surface area contributed by atoms with Crippen molar-refractivity contribution in [2.75, 3.05) is 32.2 Å². The van der Waals surface area contributed by atoms with E-state index in [9.17, 15) is 0 Å². The average Bonchev–Trinajstić information content (AvgIpc) is 3.30. The molecule has 0 saturated heterocycles. The fraction of sp³-hybridized carbons (Fsp3) is 0.292. The minimum Gasteiger partial charge on any atom is -0.480 e. The molecule has 4 heterocycles. The van der Waals surface area contributed by atoms with Gasteiger partial charge in [-0.1, -0.05) is 0 Å². The van der Waals surface area contributed by atoms with Gasteiger partial charge in [0.25, 0.3) is 0 Å². The molecule has 34 heavy (non-hydrogen) atoms. The maximum atomic E-state index is 9.05. The Labute approximate surface area is 197 Å². The van der Waals surface area contributed by atoms with Gasteiger partial charge in [0, 0.05) is 57.5 Å². The lowest BCUT2D eigenvalue weighted by Crippen LogP contribution is -2.22. The lowest BCUT2D eigenvalue weighted by Gasteiger charge is -2.18. The third kappa shape index (κ3) is 5.12. The molecule has 0 amide bonds. The topological polar surface area (TPSA) is 111 Å². The number of methoxy groups -OCH3 is 1. The van der Waals surface area contributed by atoms with Crippen LogP contribution in [0.4, 0.5) is 5.95 Å². The van der Waals surface area contributed by atoms with Crippen molar-refractivity contribution in [1.29, 1.82) is 0 Å². The summed E-state index contributed by atoms with van der Waals surface area (Å²) in [7, 11) is 5.30. The molecule has 0 atom stereocenters. The van der Waals surface area contributed by atoms with Crippen molar-refractivity contribution < 1.29 is 14.6 Å². The molecule has 10 nitrogen and oxygen atoms in total. The highest BCUT2D eigenvalue weighted by molar-refractivity contribution is 5.66. The van der Waals surface area contributed by atoms with Crippen molar-refractivity contribution in [1.82, 2.24) is 29.7 Å². The molecule has 0 unspecified atom stereocenters. The first kappa shape index (κ1) is 23.1. The fourth-order valence-corrected chi connectivity index (χ4v) is 3.40. The molecule has 0 aromatic carbocycles. The number of hydrogen-bond acceptors (Lipinski definition) is 9. The Morgan fingerprint density at radius 2 is 1.94 bits per heavy atom. The number of nitrogens with zero attached hydrogens (tertiary/aromatic N) is 7. The van der Waals surface area contributed by atoms with Crippen molar-refractivity contribution in [2.24, 2.45) is 7.05 Å². The molecule has 0 aliphatic rings. The van der Waals surface area contributed by atoms with Gasteiger partial charge < -0.3 is 19.5 Å². The minimum atomic E-state index is 0.113. The van der Waals surface area contributed by atoms with Crippen molar-refractivity contribution in [3.05, 3.63) is 54.7 Å². The number of rotatable bonds is 9. The van der Waals surface area contributed by atoms with Crippen LogP contribution < -0.4 is 14.4 Å². The Morgan fingerprint density at radius 3 is 2.65 bits per heavy atom. The third-order valence-electron chi connectivity index (χ3n) is 5.20. The quantitative estimate of drug-likeness (QED) is 0.401. The van der Waals surface area contributed by atoms with E-state index in [-0.39, 0.29) is 6.61 Å². The number of aryl methyl sites for hydroxylation is 2. The second-order valence-electron chi connectivity index (χ2n) is 7.75. The monoisotopic (exact) mass is 461 g/mol. The number of ether oxygens (including phenoxy) is 2. The van der Waals surface area contributed by atoms with Crippen LogP contribution in [-0.2, 0) is 7.05 Å². The van der Waals surface area contributed by atoms with Crippen LogP contribution in [0.3, 0.4) is 0 Å². The zero-order valence-electron chi connectivity index (χ0n) is 19.6. The molecular formula is C24H27N7O3. The molecule has 1 N–H and O–H groups in total. The number of aliphatic hydroxyl groups excluding tert-OH is 1. The molecular weight excluding hydrogens is 434 g/mol. The van der Waals surface area contributed by atoms with E-state index in [1.165, 1.54) is 0 Å². The smallest absolute Gasteiger partial charge is 0.228 e. The third-order valence-corrected chi connectivity index (χ3v) is 5.20. The second-order valence-corrected chi connectivity index (χ2v) is 7.75. The zero-order chi connectivity index (χ0) is 24.1. The van der Waals surface area contributed by atoms with E-state index in [0.29, 0.717) is 53.2 Å². The molecule has 0 radical (unpaired) electrons. The maximum Gasteiger partial charge on any atom is 0.228 e. The van der Waals surface area contributed by atoms with Gasteiger partial charge in [0.15, 0.2) is 0 Å². The highest BCUT2D eigenvalue weighted by Gasteiger charge is 2.15. The van der Waals surface area contributed by atoms with Crippen LogP contribution in [0.2, 0.25) is 0 Å². The van der Waals surface area contributed by atoms with E-state index in [1.807, 2.05) is 50.3 Å². The van der Waals surface area contributed by atoms with Crippen LogP contribution in [0.5, 0.6) is 17.4 Å². The number of hydrogen-bond donors (Lipinski definition) is 1. The Bertz CT molecular complexity index is 1280. The highest BCUT2D eigenvalue weighted by Crippen LogP contribution is 2.32. The standard InChI is InChI=1S/C24H27N7O3/c1-16-22(34-18-8-9-25-21(12-18)17-13-27-31(3)15-17)7-6-20(28-16)19-14-26-24(29-23(19)33-4)30(2)10-5-11-32/h6-9,12-15,32H,5,10-11H2,1-4H3. The average molecular weight is 462 g/mol. The number of anilines is 1. The van der Waals surface area contributed by atoms with E-state index in [0.717, 1.165) is 11.3 Å². The molecule has 176 valence electrons. The van der Waals surface area contributed by atoms with Gasteiger partial charge in [-0.3, -0.25) is 9.67 Å². The summed E-state index contributed by atoms with van der Waals surface area (Å²) in [6.07, 6.45) is 7.70. The van der Waals surface area contributed by atoms with E-state index >= 15 is 0 Å². The summed E-state index contributed by atoms with van der Waals surface area (Å²) in [6, 6.07) is 7.38. The molecule has 4 rings (SSSR count). The SMILES string of the molecule is COc1nc(N(C)CCCO)ncc1-c1ccc(Oc2ccnc(-c3cnn(C)c3)c2)c(C)n1. The van der Waals surface area contributed by atoms with E-state index in [2.05, 4.69) is 20.1 Å². The van der Waals surface area contributed by atoms with Crippen LogP contribution in [0.15, 0.2) is 49.1 Å². The van der Waals surface area contributed by atoms with Crippen LogP contribution in [0.25, 0.3) is 22.5 Å². The van der Waals surface area contributed by atoms with Gasteiger partial charge in [-0.2, -0.15) is 10.1 Å². The van der Waals surface area contributed by atoms with Gasteiger partial charge in [0.1, 0.15) is 11.5 Å². The molecule has 0 saturated carbocycles. The Morgan fingerprint density at radius 1 is 1.09 bits per heavy atom. The Balaban J connectivity index is 1.56. The summed E-state index contributed by atoms with van der Waals surface area (Å²) in [5.41, 5.74) is 3.76. The molecule has 0 bridgehead atoms. The van der Waals surface area contributed by atoms with Crippen molar-refractivity contribution in [2.45, 2.75) is 13.3 Å². The molecule has 0 aliphatic carbocycles. The maximum absolute atomic E-state index is 9.05. The van der Waals surface area contributed by atoms with Gasteiger partial charge in [0.2, 0.25) is 11.8 Å². The van der Waals surface area contributed by atoms with Crippen LogP contribution in [0.1, 0.15) is 12.1 Å². The molecule has 4 aromatic heterocycles. The predicted octanol–water partition coefficient (Wildman–Crippen LogP) is 3.26. The normalized spacial score (nSPS) is 10.9. The molecule has 0 aliphatic heterocycles. The minimum absolute atomic E-state index is 0.113. The van der Waals surface area contributed by atoms with Crippen LogP contribution in [-0.4, -0.2) is 62.1 Å². The zero-order valence-corrected chi connectivity index (χ0v) is 19.6. The van der Waals surface area contributed by atoms with Crippen molar-refractivity contribution in [3.8, 4) is 39.9 Å². The number of aliphatic hydroxyl groups is 1. The molecule has 0 spiro atoms. The summed E-state index contributed by atoms with van der Waals surface area (Å²) in [6.45, 7) is 2.63. The Hall–Kier alpha value is -4.05. The van der Waals surface area contributed by atoms with Gasteiger partial charge in [-0.05, 0) is 31.5 Å². The second kappa shape index (κ2) is 10.3. The van der Waals surface area contributed by atoms with Gasteiger partial charge in [0.05, 0.1) is 36.0 Å². The first-order chi connectivity index (χ1) is 16.5. The predicted molar refractivity (Wildman–Crippen MR) is 128 cm³/mol. The number of pyridine rings is 2. The highest BCUT2D eigenvalue weighted by atomic mass is 16.5. The fourth-order valence-electron chi connectivity index (χ4n) is 3.40. The molecule has 4 aromatic rings. The summed E-state index contributed by atoms with van der Waals surface area (Å²) in [4.78, 5) is 19.9. The number of aromatic nitrogens is 6. The lowest BCUT2D eigenvalue weighted by molar-refractivity contribution is 0.290. The lowest BCUT2D eigenvalue weighted by atomic mass is 10.2. The van der Waals surface area contributed by atoms with E-state index in [1.54, 1.807) is 36.4 Å². The van der Waals surface area contributed by atoms with E-state index in [4.69, 9.17) is 19.6 Å². The van der Waals surface area contributed by atoms with Crippen LogP contribution >= 0.6 is 0 Å². The van der Waals surface area contributed by atoms with Gasteiger partial charge in [-0.25, -0.2) is 9.97 Å². The van der Waals surface area contributed by atoms with Crippen LogP contribution in [0, 0.1) is 6.92 Å². The Kier molecular flexibility index (Phi) is 6.98. The summed E-state index contributed by atoms with van der Waals surface area (Å²) >= 11 is 0. The first-order valence-electron chi connectivity index (χ1n) is 10.8.